The van der Waals surface area contributed by atoms with Gasteiger partial charge in [0.2, 0.25) is 5.91 Å². The molecule has 0 spiro atoms. The number of nitrogens with one attached hydrogen (secondary N) is 1. The molecule has 1 rings (SSSR count). The van der Waals surface area contributed by atoms with Crippen LogP contribution in [-0.2, 0) is 4.79 Å². The fourth-order valence-corrected chi connectivity index (χ4v) is 1.20. The van der Waals surface area contributed by atoms with E-state index in [4.69, 9.17) is 5.73 Å². The average molecular weight is 294 g/mol. The molecule has 1 aromatic rings. The maximum Gasteiger partial charge on any atom is 0.227 e. The number of amides is 1. The van der Waals surface area contributed by atoms with Crippen LogP contribution in [0.3, 0.4) is 0 Å². The van der Waals surface area contributed by atoms with Crippen molar-refractivity contribution in [1.82, 2.24) is 10.3 Å². The number of hydrogen-bond donors (Lipinski definition) is 2. The van der Waals surface area contributed by atoms with Gasteiger partial charge in [0.25, 0.3) is 0 Å². The van der Waals surface area contributed by atoms with Crippen LogP contribution in [0.4, 0.5) is 0 Å². The van der Waals surface area contributed by atoms with Crippen molar-refractivity contribution in [1.29, 1.82) is 0 Å². The molecule has 0 saturated heterocycles. The molecule has 0 aliphatic rings. The third-order valence-electron chi connectivity index (χ3n) is 2.66. The molecule has 6 heteroatoms. The molecule has 0 radical (unpaired) electrons. The Morgan fingerprint density at radius 2 is 2.11 bits per heavy atom. The van der Waals surface area contributed by atoms with Gasteiger partial charge in [0.15, 0.2) is 0 Å². The highest BCUT2D eigenvalue weighted by Crippen LogP contribution is 2.16. The topological polar surface area (TPSA) is 68.0 Å². The highest BCUT2D eigenvalue weighted by Gasteiger charge is 2.26. The van der Waals surface area contributed by atoms with Gasteiger partial charge in [-0.3, -0.25) is 9.78 Å². The van der Waals surface area contributed by atoms with Gasteiger partial charge in [-0.15, -0.1) is 24.8 Å². The number of halogens is 2. The molecule has 0 aliphatic carbocycles. The minimum Gasteiger partial charge on any atom is -0.349 e. The van der Waals surface area contributed by atoms with Gasteiger partial charge in [0.1, 0.15) is 0 Å². The molecule has 0 aliphatic heterocycles. The van der Waals surface area contributed by atoms with Crippen LogP contribution in [0.2, 0.25) is 0 Å². The maximum absolute atomic E-state index is 11.9. The molecule has 1 atom stereocenters. The first-order valence-electron chi connectivity index (χ1n) is 5.38. The van der Waals surface area contributed by atoms with E-state index in [1.165, 1.54) is 0 Å². The van der Waals surface area contributed by atoms with Crippen LogP contribution in [0.15, 0.2) is 24.5 Å². The van der Waals surface area contributed by atoms with Crippen LogP contribution in [0.5, 0.6) is 0 Å². The predicted molar refractivity (Wildman–Crippen MR) is 78.1 cm³/mol. The standard InChI is InChI=1S/C12H19N3O.2ClH/c1-9(10-5-4-6-14-7-10)15-11(16)12(2,3)8-13;;/h4-7,9H,8,13H2,1-3H3,(H,15,16);2*1H/t9-;;/m0../s1. The number of nitrogens with zero attached hydrogens (tertiary/aromatic N) is 1. The minimum absolute atomic E-state index is 0. The number of carbonyl (C=O) groups is 1. The van der Waals surface area contributed by atoms with Gasteiger partial charge >= 0.3 is 0 Å². The molecule has 1 heterocycles. The lowest BCUT2D eigenvalue weighted by atomic mass is 9.92. The average Bonchev–Trinajstić information content (AvgIpc) is 2.30. The Labute approximate surface area is 121 Å². The fourth-order valence-electron chi connectivity index (χ4n) is 1.20. The molecule has 3 N–H and O–H groups in total. The van der Waals surface area contributed by atoms with Gasteiger partial charge in [-0.2, -0.15) is 0 Å². The molecular weight excluding hydrogens is 273 g/mol. The van der Waals surface area contributed by atoms with Gasteiger partial charge in [0, 0.05) is 18.9 Å². The summed E-state index contributed by atoms with van der Waals surface area (Å²) in [5, 5.41) is 2.93. The molecule has 0 saturated carbocycles. The van der Waals surface area contributed by atoms with Crippen molar-refractivity contribution in [2.45, 2.75) is 26.8 Å². The van der Waals surface area contributed by atoms with Gasteiger partial charge < -0.3 is 11.1 Å². The molecule has 0 fully saturated rings. The first-order valence-corrected chi connectivity index (χ1v) is 5.38. The number of pyridine rings is 1. The summed E-state index contributed by atoms with van der Waals surface area (Å²) in [5.41, 5.74) is 6.01. The summed E-state index contributed by atoms with van der Waals surface area (Å²) < 4.78 is 0. The van der Waals surface area contributed by atoms with E-state index in [-0.39, 0.29) is 36.8 Å². The smallest absolute Gasteiger partial charge is 0.227 e. The number of carbonyl (C=O) groups excluding carboxylic acids is 1. The maximum atomic E-state index is 11.9. The first-order chi connectivity index (χ1) is 7.47. The van der Waals surface area contributed by atoms with Crippen molar-refractivity contribution in [3.05, 3.63) is 30.1 Å². The lowest BCUT2D eigenvalue weighted by molar-refractivity contribution is -0.129. The Kier molecular flexibility index (Phi) is 8.99. The van der Waals surface area contributed by atoms with Crippen molar-refractivity contribution in [2.75, 3.05) is 6.54 Å². The summed E-state index contributed by atoms with van der Waals surface area (Å²) in [5.74, 6) is -0.0358. The Morgan fingerprint density at radius 3 is 2.56 bits per heavy atom. The second kappa shape index (κ2) is 8.29. The van der Waals surface area contributed by atoms with E-state index in [9.17, 15) is 4.79 Å². The minimum atomic E-state index is -0.531. The summed E-state index contributed by atoms with van der Waals surface area (Å²) in [6, 6.07) is 3.74. The zero-order valence-electron chi connectivity index (χ0n) is 10.8. The van der Waals surface area contributed by atoms with Crippen LogP contribution in [0.25, 0.3) is 0 Å². The number of nitrogens with two attached hydrogens (primary N) is 1. The zero-order valence-corrected chi connectivity index (χ0v) is 12.5. The van der Waals surface area contributed by atoms with E-state index in [1.807, 2.05) is 32.9 Å². The molecule has 0 aromatic carbocycles. The Hall–Kier alpha value is -0.840. The van der Waals surface area contributed by atoms with E-state index in [1.54, 1.807) is 12.4 Å². The van der Waals surface area contributed by atoms with E-state index in [0.717, 1.165) is 5.56 Å². The molecule has 4 nitrogen and oxygen atoms in total. The van der Waals surface area contributed by atoms with Crippen molar-refractivity contribution in [3.63, 3.8) is 0 Å². The zero-order chi connectivity index (χ0) is 12.2. The fraction of sp³-hybridized carbons (Fsp3) is 0.500. The monoisotopic (exact) mass is 293 g/mol. The highest BCUT2D eigenvalue weighted by atomic mass is 35.5. The van der Waals surface area contributed by atoms with Crippen LogP contribution in [-0.4, -0.2) is 17.4 Å². The molecule has 1 amide bonds. The number of aromatic nitrogens is 1. The summed E-state index contributed by atoms with van der Waals surface area (Å²) >= 11 is 0. The van der Waals surface area contributed by atoms with Crippen LogP contribution < -0.4 is 11.1 Å². The van der Waals surface area contributed by atoms with Crippen molar-refractivity contribution < 1.29 is 4.79 Å². The van der Waals surface area contributed by atoms with E-state index in [0.29, 0.717) is 6.54 Å². The van der Waals surface area contributed by atoms with Gasteiger partial charge in [-0.25, -0.2) is 0 Å². The summed E-state index contributed by atoms with van der Waals surface area (Å²) in [7, 11) is 0. The molecule has 104 valence electrons. The Bertz CT molecular complexity index is 358. The Balaban J connectivity index is 0. The molecular formula is C12H21Cl2N3O. The third kappa shape index (κ3) is 5.21. The molecule has 1 aromatic heterocycles. The molecule has 0 bridgehead atoms. The second-order valence-corrected chi connectivity index (χ2v) is 4.57. The van der Waals surface area contributed by atoms with Crippen LogP contribution >= 0.6 is 24.8 Å². The van der Waals surface area contributed by atoms with Gasteiger partial charge in [-0.1, -0.05) is 6.07 Å². The summed E-state index contributed by atoms with van der Waals surface area (Å²) in [4.78, 5) is 15.9. The van der Waals surface area contributed by atoms with Crippen molar-refractivity contribution in [3.8, 4) is 0 Å². The Morgan fingerprint density at radius 1 is 1.50 bits per heavy atom. The third-order valence-corrected chi connectivity index (χ3v) is 2.66. The second-order valence-electron chi connectivity index (χ2n) is 4.57. The predicted octanol–water partition coefficient (Wildman–Crippen LogP) is 2.09. The SMILES string of the molecule is C[C@H](NC(=O)C(C)(C)CN)c1cccnc1.Cl.Cl. The van der Waals surface area contributed by atoms with Gasteiger partial charge in [-0.05, 0) is 32.4 Å². The van der Waals surface area contributed by atoms with E-state index < -0.39 is 5.41 Å². The van der Waals surface area contributed by atoms with E-state index >= 15 is 0 Å². The largest absolute Gasteiger partial charge is 0.349 e. The van der Waals surface area contributed by atoms with E-state index in [2.05, 4.69) is 10.3 Å². The number of rotatable bonds is 4. The summed E-state index contributed by atoms with van der Waals surface area (Å²) in [6.07, 6.45) is 3.46. The molecule has 18 heavy (non-hydrogen) atoms. The van der Waals surface area contributed by atoms with Crippen LogP contribution in [0, 0.1) is 5.41 Å². The van der Waals surface area contributed by atoms with Crippen LogP contribution in [0.1, 0.15) is 32.4 Å². The summed E-state index contributed by atoms with van der Waals surface area (Å²) in [6.45, 7) is 5.93. The van der Waals surface area contributed by atoms with Crippen molar-refractivity contribution >= 4 is 30.7 Å². The highest BCUT2D eigenvalue weighted by molar-refractivity contribution is 5.85. The molecule has 0 unspecified atom stereocenters. The van der Waals surface area contributed by atoms with Gasteiger partial charge in [0.05, 0.1) is 11.5 Å². The first kappa shape index (κ1) is 19.5. The van der Waals surface area contributed by atoms with Crippen molar-refractivity contribution in [2.24, 2.45) is 11.1 Å². The quantitative estimate of drug-likeness (QED) is 0.893. The normalized spacial score (nSPS) is 11.8. The number of hydrogen-bond acceptors (Lipinski definition) is 3. The lowest BCUT2D eigenvalue weighted by Gasteiger charge is -2.24. The lowest BCUT2D eigenvalue weighted by Crippen LogP contribution is -2.42.